The Labute approximate surface area is 188 Å². The zero-order chi connectivity index (χ0) is 22.7. The SMILES string of the molecule is Cc1cccc(Cn2cc(Cl)c(NC(=O)c3noc(C)c3COc3cccc(F)c3)n2)c1. The fourth-order valence-corrected chi connectivity index (χ4v) is 3.38. The zero-order valence-corrected chi connectivity index (χ0v) is 18.2. The van der Waals surface area contributed by atoms with Gasteiger partial charge in [0.25, 0.3) is 5.91 Å². The third-order valence-corrected chi connectivity index (χ3v) is 5.03. The van der Waals surface area contributed by atoms with E-state index < -0.39 is 11.7 Å². The summed E-state index contributed by atoms with van der Waals surface area (Å²) in [5.74, 6) is 0.000268. The second kappa shape index (κ2) is 9.23. The first-order valence-corrected chi connectivity index (χ1v) is 10.2. The molecule has 0 saturated heterocycles. The summed E-state index contributed by atoms with van der Waals surface area (Å²) in [6.45, 7) is 4.17. The van der Waals surface area contributed by atoms with Crippen LogP contribution in [-0.4, -0.2) is 20.8 Å². The van der Waals surface area contributed by atoms with Gasteiger partial charge in [-0.2, -0.15) is 5.10 Å². The van der Waals surface area contributed by atoms with E-state index in [0.29, 0.717) is 28.6 Å². The van der Waals surface area contributed by atoms with Gasteiger partial charge in [-0.1, -0.05) is 52.7 Å². The summed E-state index contributed by atoms with van der Waals surface area (Å²) in [7, 11) is 0. The standard InChI is InChI=1S/C23H20ClFN4O3/c1-14-5-3-6-16(9-14)11-29-12-20(24)22(27-29)26-23(30)21-19(15(2)32-28-21)13-31-18-8-4-7-17(25)10-18/h3-10,12H,11,13H2,1-2H3,(H,26,27,30). The molecule has 0 aliphatic carbocycles. The van der Waals surface area contributed by atoms with E-state index >= 15 is 0 Å². The molecule has 0 bridgehead atoms. The number of nitrogens with zero attached hydrogens (tertiary/aromatic N) is 3. The molecule has 0 aliphatic rings. The van der Waals surface area contributed by atoms with Crippen LogP contribution in [0.15, 0.2) is 59.3 Å². The number of aryl methyl sites for hydroxylation is 2. The maximum atomic E-state index is 13.4. The number of hydrogen-bond acceptors (Lipinski definition) is 5. The molecule has 2 aromatic heterocycles. The van der Waals surface area contributed by atoms with Crippen molar-refractivity contribution in [1.82, 2.24) is 14.9 Å². The first-order chi connectivity index (χ1) is 15.4. The van der Waals surface area contributed by atoms with Crippen molar-refractivity contribution >= 4 is 23.3 Å². The summed E-state index contributed by atoms with van der Waals surface area (Å²) >= 11 is 6.27. The Morgan fingerprint density at radius 3 is 2.81 bits per heavy atom. The van der Waals surface area contributed by atoms with Crippen LogP contribution in [-0.2, 0) is 13.2 Å². The molecule has 4 aromatic rings. The van der Waals surface area contributed by atoms with Crippen molar-refractivity contribution < 1.29 is 18.4 Å². The number of halogens is 2. The highest BCUT2D eigenvalue weighted by molar-refractivity contribution is 6.33. The third-order valence-electron chi connectivity index (χ3n) is 4.76. The Morgan fingerprint density at radius 1 is 1.22 bits per heavy atom. The van der Waals surface area contributed by atoms with Gasteiger partial charge < -0.3 is 14.6 Å². The summed E-state index contributed by atoms with van der Waals surface area (Å²) in [5, 5.41) is 11.2. The summed E-state index contributed by atoms with van der Waals surface area (Å²) in [6.07, 6.45) is 1.64. The predicted octanol–water partition coefficient (Wildman–Crippen LogP) is 5.16. The molecule has 4 rings (SSSR count). The molecule has 0 aliphatic heterocycles. The van der Waals surface area contributed by atoms with E-state index in [1.165, 1.54) is 18.2 Å². The van der Waals surface area contributed by atoms with Gasteiger partial charge in [-0.25, -0.2) is 4.39 Å². The van der Waals surface area contributed by atoms with Crippen molar-refractivity contribution in [3.05, 3.63) is 93.7 Å². The molecule has 0 spiro atoms. The number of ether oxygens (including phenoxy) is 1. The highest BCUT2D eigenvalue weighted by Crippen LogP contribution is 2.23. The van der Waals surface area contributed by atoms with E-state index in [2.05, 4.69) is 21.6 Å². The summed E-state index contributed by atoms with van der Waals surface area (Å²) in [6, 6.07) is 13.8. The molecule has 7 nitrogen and oxygen atoms in total. The summed E-state index contributed by atoms with van der Waals surface area (Å²) in [5.41, 5.74) is 2.69. The van der Waals surface area contributed by atoms with E-state index in [1.54, 1.807) is 23.9 Å². The number of amides is 1. The van der Waals surface area contributed by atoms with Crippen molar-refractivity contribution in [3.8, 4) is 5.75 Å². The molecule has 2 aromatic carbocycles. The highest BCUT2D eigenvalue weighted by atomic mass is 35.5. The number of aromatic nitrogens is 3. The normalized spacial score (nSPS) is 10.9. The smallest absolute Gasteiger partial charge is 0.279 e. The molecular formula is C23H20ClFN4O3. The largest absolute Gasteiger partial charge is 0.489 e. The minimum absolute atomic E-state index is 0.0168. The van der Waals surface area contributed by atoms with Crippen molar-refractivity contribution in [2.24, 2.45) is 0 Å². The molecule has 0 unspecified atom stereocenters. The lowest BCUT2D eigenvalue weighted by atomic mass is 10.1. The lowest BCUT2D eigenvalue weighted by Gasteiger charge is -2.07. The number of rotatable bonds is 7. The quantitative estimate of drug-likeness (QED) is 0.417. The van der Waals surface area contributed by atoms with Crippen molar-refractivity contribution in [2.45, 2.75) is 27.0 Å². The van der Waals surface area contributed by atoms with Crippen molar-refractivity contribution in [3.63, 3.8) is 0 Å². The van der Waals surface area contributed by atoms with Crippen LogP contribution < -0.4 is 10.1 Å². The monoisotopic (exact) mass is 454 g/mol. The number of benzene rings is 2. The minimum Gasteiger partial charge on any atom is -0.489 e. The number of hydrogen-bond donors (Lipinski definition) is 1. The van der Waals surface area contributed by atoms with Gasteiger partial charge in [-0.3, -0.25) is 9.48 Å². The maximum Gasteiger partial charge on any atom is 0.279 e. The molecule has 0 atom stereocenters. The van der Waals surface area contributed by atoms with Gasteiger partial charge in [0.15, 0.2) is 11.5 Å². The van der Waals surface area contributed by atoms with E-state index in [0.717, 1.165) is 11.1 Å². The van der Waals surface area contributed by atoms with Gasteiger partial charge in [0, 0.05) is 12.3 Å². The molecule has 2 heterocycles. The topological polar surface area (TPSA) is 82.2 Å². The Balaban J connectivity index is 1.47. The molecule has 1 N–H and O–H groups in total. The molecule has 0 saturated carbocycles. The van der Waals surface area contributed by atoms with Gasteiger partial charge in [0.2, 0.25) is 0 Å². The zero-order valence-electron chi connectivity index (χ0n) is 17.4. The Hall–Kier alpha value is -3.65. The predicted molar refractivity (Wildman–Crippen MR) is 117 cm³/mol. The molecule has 0 fully saturated rings. The van der Waals surface area contributed by atoms with Crippen molar-refractivity contribution in [2.75, 3.05) is 5.32 Å². The van der Waals surface area contributed by atoms with Crippen LogP contribution in [0.1, 0.15) is 32.9 Å². The molecule has 0 radical (unpaired) electrons. The van der Waals surface area contributed by atoms with E-state index in [-0.39, 0.29) is 18.1 Å². The van der Waals surface area contributed by atoms with Crippen LogP contribution in [0.3, 0.4) is 0 Å². The molecule has 9 heteroatoms. The van der Waals surface area contributed by atoms with Gasteiger partial charge in [-0.05, 0) is 31.5 Å². The van der Waals surface area contributed by atoms with Gasteiger partial charge in [0.05, 0.1) is 12.1 Å². The maximum absolute atomic E-state index is 13.4. The van der Waals surface area contributed by atoms with Crippen molar-refractivity contribution in [1.29, 1.82) is 0 Å². The Morgan fingerprint density at radius 2 is 2.03 bits per heavy atom. The average molecular weight is 455 g/mol. The van der Waals surface area contributed by atoms with Crippen LogP contribution in [0, 0.1) is 19.7 Å². The lowest BCUT2D eigenvalue weighted by molar-refractivity contribution is 0.101. The van der Waals surface area contributed by atoms with Crippen LogP contribution in [0.2, 0.25) is 5.02 Å². The number of carbonyl (C=O) groups excluding carboxylic acids is 1. The first-order valence-electron chi connectivity index (χ1n) is 9.82. The second-order valence-electron chi connectivity index (χ2n) is 7.28. The molecule has 32 heavy (non-hydrogen) atoms. The van der Waals surface area contributed by atoms with Gasteiger partial charge in [-0.15, -0.1) is 0 Å². The molecule has 1 amide bonds. The van der Waals surface area contributed by atoms with Crippen LogP contribution in [0.4, 0.5) is 10.2 Å². The minimum atomic E-state index is -0.539. The van der Waals surface area contributed by atoms with E-state index in [4.69, 9.17) is 20.9 Å². The van der Waals surface area contributed by atoms with Crippen LogP contribution in [0.25, 0.3) is 0 Å². The van der Waals surface area contributed by atoms with Crippen LogP contribution in [0.5, 0.6) is 5.75 Å². The number of anilines is 1. The molecule has 164 valence electrons. The fraction of sp³-hybridized carbons (Fsp3) is 0.174. The van der Waals surface area contributed by atoms with Gasteiger partial charge >= 0.3 is 0 Å². The Kier molecular flexibility index (Phi) is 6.23. The number of nitrogens with one attached hydrogen (secondary N) is 1. The lowest BCUT2D eigenvalue weighted by Crippen LogP contribution is -2.16. The summed E-state index contributed by atoms with van der Waals surface area (Å²) in [4.78, 5) is 12.8. The second-order valence-corrected chi connectivity index (χ2v) is 7.69. The van der Waals surface area contributed by atoms with Gasteiger partial charge in [0.1, 0.15) is 29.0 Å². The fourth-order valence-electron chi connectivity index (χ4n) is 3.18. The number of carbonyl (C=O) groups is 1. The third kappa shape index (κ3) is 4.97. The average Bonchev–Trinajstić information content (AvgIpc) is 3.28. The Bertz CT molecular complexity index is 1270. The summed E-state index contributed by atoms with van der Waals surface area (Å²) < 4.78 is 25.8. The van der Waals surface area contributed by atoms with Crippen LogP contribution >= 0.6 is 11.6 Å². The first kappa shape index (κ1) is 21.6. The highest BCUT2D eigenvalue weighted by Gasteiger charge is 2.22. The molecular weight excluding hydrogens is 435 g/mol. The van der Waals surface area contributed by atoms with E-state index in [1.807, 2.05) is 25.1 Å². The van der Waals surface area contributed by atoms with E-state index in [9.17, 15) is 9.18 Å².